The van der Waals surface area contributed by atoms with Crippen LogP contribution in [0.2, 0.25) is 0 Å². The van der Waals surface area contributed by atoms with Gasteiger partial charge in [0, 0.05) is 30.7 Å². The summed E-state index contributed by atoms with van der Waals surface area (Å²) in [5.74, 6) is 0.0929. The third-order valence-electron chi connectivity index (χ3n) is 6.59. The molecule has 6 heteroatoms. The molecule has 0 radical (unpaired) electrons. The molecule has 34 heavy (non-hydrogen) atoms. The summed E-state index contributed by atoms with van der Waals surface area (Å²) < 4.78 is 11.1. The first-order chi connectivity index (χ1) is 16.7. The molecular formula is C28H37N3O3. The molecule has 1 aliphatic heterocycles. The zero-order valence-electron chi connectivity index (χ0n) is 20.4. The van der Waals surface area contributed by atoms with Crippen LogP contribution in [0.3, 0.4) is 0 Å². The Balaban J connectivity index is 1.37. The molecule has 0 N–H and O–H groups in total. The second-order valence-electron chi connectivity index (χ2n) is 9.40. The van der Waals surface area contributed by atoms with Crippen molar-refractivity contribution in [1.82, 2.24) is 4.98 Å². The highest BCUT2D eigenvalue weighted by Crippen LogP contribution is 2.25. The quantitative estimate of drug-likeness (QED) is 0.301. The van der Waals surface area contributed by atoms with Crippen molar-refractivity contribution in [2.75, 3.05) is 37.8 Å². The van der Waals surface area contributed by atoms with Crippen LogP contribution in [0.4, 0.5) is 5.69 Å². The summed E-state index contributed by atoms with van der Waals surface area (Å²) in [7, 11) is 0. The number of anilines is 1. The molecule has 0 spiro atoms. The SMILES string of the molecule is Cc1cccc(C=NCc2cc(N3CCOCC3)cc(CCCOC(=O)C3CCCCC3)n2)c1. The fourth-order valence-corrected chi connectivity index (χ4v) is 4.72. The van der Waals surface area contributed by atoms with Crippen molar-refractivity contribution in [2.24, 2.45) is 10.9 Å². The van der Waals surface area contributed by atoms with Gasteiger partial charge in [0.05, 0.1) is 38.0 Å². The van der Waals surface area contributed by atoms with Gasteiger partial charge >= 0.3 is 5.97 Å². The minimum absolute atomic E-state index is 0.0131. The number of hydrogen-bond acceptors (Lipinski definition) is 6. The van der Waals surface area contributed by atoms with E-state index in [4.69, 9.17) is 14.5 Å². The number of ether oxygens (including phenoxy) is 2. The highest BCUT2D eigenvalue weighted by Gasteiger charge is 2.22. The predicted molar refractivity (Wildman–Crippen MR) is 136 cm³/mol. The Kier molecular flexibility index (Phi) is 9.08. The lowest BCUT2D eigenvalue weighted by Crippen LogP contribution is -2.36. The Morgan fingerprint density at radius 2 is 1.94 bits per heavy atom. The number of pyridine rings is 1. The van der Waals surface area contributed by atoms with Crippen LogP contribution in [0, 0.1) is 12.8 Å². The van der Waals surface area contributed by atoms with Crippen LogP contribution in [0.25, 0.3) is 0 Å². The van der Waals surface area contributed by atoms with Crippen molar-refractivity contribution < 1.29 is 14.3 Å². The van der Waals surface area contributed by atoms with Crippen molar-refractivity contribution >= 4 is 17.9 Å². The van der Waals surface area contributed by atoms with E-state index in [-0.39, 0.29) is 11.9 Å². The second kappa shape index (κ2) is 12.7. The van der Waals surface area contributed by atoms with Crippen molar-refractivity contribution in [2.45, 2.75) is 58.4 Å². The lowest BCUT2D eigenvalue weighted by Gasteiger charge is -2.29. The first kappa shape index (κ1) is 24.4. The molecule has 0 atom stereocenters. The lowest BCUT2D eigenvalue weighted by atomic mass is 9.89. The molecule has 2 heterocycles. The molecular weight excluding hydrogens is 426 g/mol. The van der Waals surface area contributed by atoms with E-state index < -0.39 is 0 Å². The van der Waals surface area contributed by atoms with Gasteiger partial charge in [-0.05, 0) is 50.3 Å². The number of benzene rings is 1. The third kappa shape index (κ3) is 7.39. The van der Waals surface area contributed by atoms with Crippen molar-refractivity contribution in [3.8, 4) is 0 Å². The maximum Gasteiger partial charge on any atom is 0.308 e. The highest BCUT2D eigenvalue weighted by molar-refractivity contribution is 5.79. The number of rotatable bonds is 9. The molecule has 2 aromatic rings. The number of hydrogen-bond donors (Lipinski definition) is 0. The first-order valence-corrected chi connectivity index (χ1v) is 12.7. The van der Waals surface area contributed by atoms with Gasteiger partial charge in [0.1, 0.15) is 0 Å². The lowest BCUT2D eigenvalue weighted by molar-refractivity contribution is -0.149. The maximum absolute atomic E-state index is 12.3. The van der Waals surface area contributed by atoms with Crippen molar-refractivity contribution in [1.29, 1.82) is 0 Å². The zero-order chi connectivity index (χ0) is 23.6. The zero-order valence-corrected chi connectivity index (χ0v) is 20.4. The van der Waals surface area contributed by atoms with E-state index in [0.29, 0.717) is 13.2 Å². The Labute approximate surface area is 203 Å². The highest BCUT2D eigenvalue weighted by atomic mass is 16.5. The molecule has 1 saturated heterocycles. The molecule has 4 rings (SSSR count). The second-order valence-corrected chi connectivity index (χ2v) is 9.40. The fraction of sp³-hybridized carbons (Fsp3) is 0.536. The van der Waals surface area contributed by atoms with Gasteiger partial charge in [0.2, 0.25) is 0 Å². The Hall–Kier alpha value is -2.73. The molecule has 2 aliphatic rings. The summed E-state index contributed by atoms with van der Waals surface area (Å²) in [6.07, 6.45) is 8.98. The van der Waals surface area contributed by atoms with Gasteiger partial charge in [-0.2, -0.15) is 0 Å². The average Bonchev–Trinajstić information content (AvgIpc) is 2.87. The van der Waals surface area contributed by atoms with E-state index >= 15 is 0 Å². The van der Waals surface area contributed by atoms with Crippen molar-refractivity contribution in [3.05, 3.63) is 58.9 Å². The van der Waals surface area contributed by atoms with Gasteiger partial charge in [0.15, 0.2) is 0 Å². The van der Waals surface area contributed by atoms with Crippen LogP contribution in [0.15, 0.2) is 41.4 Å². The van der Waals surface area contributed by atoms with Crippen LogP contribution in [0.5, 0.6) is 0 Å². The van der Waals surface area contributed by atoms with Gasteiger partial charge in [-0.3, -0.25) is 14.8 Å². The smallest absolute Gasteiger partial charge is 0.308 e. The summed E-state index contributed by atoms with van der Waals surface area (Å²) in [6, 6.07) is 12.6. The predicted octanol–water partition coefficient (Wildman–Crippen LogP) is 4.90. The van der Waals surface area contributed by atoms with E-state index in [9.17, 15) is 4.79 Å². The number of carbonyl (C=O) groups excluding carboxylic acids is 1. The van der Waals surface area contributed by atoms with Gasteiger partial charge in [0.25, 0.3) is 0 Å². The van der Waals surface area contributed by atoms with Gasteiger partial charge in [-0.15, -0.1) is 0 Å². The van der Waals surface area contributed by atoms with Crippen LogP contribution in [-0.2, 0) is 27.2 Å². The molecule has 1 aliphatic carbocycles. The number of aliphatic imine (C=N–C) groups is 1. The van der Waals surface area contributed by atoms with Gasteiger partial charge in [-0.25, -0.2) is 0 Å². The first-order valence-electron chi connectivity index (χ1n) is 12.7. The molecule has 2 fully saturated rings. The third-order valence-corrected chi connectivity index (χ3v) is 6.59. The number of nitrogens with zero attached hydrogens (tertiary/aromatic N) is 3. The number of carbonyl (C=O) groups is 1. The van der Waals surface area contributed by atoms with Crippen molar-refractivity contribution in [3.63, 3.8) is 0 Å². The van der Waals surface area contributed by atoms with Crippen LogP contribution >= 0.6 is 0 Å². The summed E-state index contributed by atoms with van der Waals surface area (Å²) in [6.45, 7) is 6.34. The molecule has 1 aromatic carbocycles. The molecule has 0 bridgehead atoms. The fourth-order valence-electron chi connectivity index (χ4n) is 4.72. The van der Waals surface area contributed by atoms with E-state index in [1.807, 2.05) is 12.3 Å². The number of aryl methyl sites for hydroxylation is 2. The molecule has 1 saturated carbocycles. The molecule has 0 amide bonds. The van der Waals surface area contributed by atoms with E-state index in [0.717, 1.165) is 81.8 Å². The minimum Gasteiger partial charge on any atom is -0.465 e. The van der Waals surface area contributed by atoms with E-state index in [1.165, 1.54) is 17.7 Å². The minimum atomic E-state index is -0.0131. The summed E-state index contributed by atoms with van der Waals surface area (Å²) in [5, 5.41) is 0. The normalized spacial score (nSPS) is 17.3. The summed E-state index contributed by atoms with van der Waals surface area (Å²) in [4.78, 5) is 24.2. The Bertz CT molecular complexity index is 963. The number of aromatic nitrogens is 1. The van der Waals surface area contributed by atoms with E-state index in [1.54, 1.807) is 0 Å². The molecule has 182 valence electrons. The van der Waals surface area contributed by atoms with E-state index in [2.05, 4.69) is 47.1 Å². The van der Waals surface area contributed by atoms with Crippen LogP contribution in [-0.4, -0.2) is 50.1 Å². The monoisotopic (exact) mass is 463 g/mol. The van der Waals surface area contributed by atoms with Crippen LogP contribution < -0.4 is 4.90 Å². The average molecular weight is 464 g/mol. The summed E-state index contributed by atoms with van der Waals surface area (Å²) >= 11 is 0. The largest absolute Gasteiger partial charge is 0.465 e. The Morgan fingerprint density at radius 3 is 2.74 bits per heavy atom. The maximum atomic E-state index is 12.3. The summed E-state index contributed by atoms with van der Waals surface area (Å²) in [5.41, 5.74) is 5.49. The van der Waals surface area contributed by atoms with Gasteiger partial charge < -0.3 is 14.4 Å². The standard InChI is InChI=1S/C28H37N3O3/c1-22-7-5-8-23(17-22)20-29-21-26-19-27(31-12-15-33-16-13-31)18-25(30-26)11-6-14-34-28(32)24-9-3-2-4-10-24/h5,7-8,17-20,24H,2-4,6,9-16,21H2,1H3. The van der Waals surface area contributed by atoms with Gasteiger partial charge in [-0.1, -0.05) is 49.1 Å². The Morgan fingerprint density at radius 1 is 1.15 bits per heavy atom. The van der Waals surface area contributed by atoms with Crippen LogP contribution in [0.1, 0.15) is 61.0 Å². The number of esters is 1. The number of morpholine rings is 1. The molecule has 0 unspecified atom stereocenters. The molecule has 6 nitrogen and oxygen atoms in total. The topological polar surface area (TPSA) is 64.0 Å². The molecule has 1 aromatic heterocycles.